The first kappa shape index (κ1) is 19.7. The van der Waals surface area contributed by atoms with Crippen LogP contribution in [0.1, 0.15) is 42.7 Å². The maximum Gasteiger partial charge on any atom is 0.315 e. The number of amides is 2. The van der Waals surface area contributed by atoms with Gasteiger partial charge in [0.2, 0.25) is 0 Å². The Morgan fingerprint density at radius 2 is 1.78 bits per heavy atom. The third-order valence-electron chi connectivity index (χ3n) is 5.19. The van der Waals surface area contributed by atoms with Crippen molar-refractivity contribution in [3.8, 4) is 0 Å². The van der Waals surface area contributed by atoms with E-state index < -0.39 is 6.10 Å². The van der Waals surface area contributed by atoms with Gasteiger partial charge in [-0.15, -0.1) is 0 Å². The molecule has 1 aliphatic rings. The molecule has 2 aromatic carbocycles. The number of nitrogens with one attached hydrogen (secondary N) is 2. The van der Waals surface area contributed by atoms with Gasteiger partial charge in [0.15, 0.2) is 0 Å². The van der Waals surface area contributed by atoms with E-state index in [0.717, 1.165) is 24.3 Å². The number of benzene rings is 2. The number of rotatable bonds is 8. The van der Waals surface area contributed by atoms with E-state index in [2.05, 4.69) is 34.9 Å². The Bertz CT molecular complexity index is 715. The van der Waals surface area contributed by atoms with Gasteiger partial charge < -0.3 is 15.7 Å². The first-order chi connectivity index (χ1) is 13.1. The van der Waals surface area contributed by atoms with Crippen molar-refractivity contribution in [1.29, 1.82) is 0 Å². The predicted molar refractivity (Wildman–Crippen MR) is 109 cm³/mol. The van der Waals surface area contributed by atoms with Crippen LogP contribution >= 0.6 is 11.6 Å². The lowest BCUT2D eigenvalue weighted by atomic mass is 9.76. The highest BCUT2D eigenvalue weighted by molar-refractivity contribution is 6.30. The second-order valence-corrected chi connectivity index (χ2v) is 7.72. The molecule has 5 heteroatoms. The third kappa shape index (κ3) is 6.26. The van der Waals surface area contributed by atoms with Gasteiger partial charge in [0.1, 0.15) is 0 Å². The summed E-state index contributed by atoms with van der Waals surface area (Å²) in [5.41, 5.74) is 2.50. The summed E-state index contributed by atoms with van der Waals surface area (Å²) in [7, 11) is 0. The topological polar surface area (TPSA) is 61.4 Å². The molecule has 0 bridgehead atoms. The second-order valence-electron chi connectivity index (χ2n) is 7.28. The minimum absolute atomic E-state index is 0.148. The van der Waals surface area contributed by atoms with Crippen molar-refractivity contribution in [1.82, 2.24) is 10.6 Å². The fourth-order valence-corrected chi connectivity index (χ4v) is 3.58. The van der Waals surface area contributed by atoms with Crippen LogP contribution in [0, 0.1) is 0 Å². The molecule has 1 atom stereocenters. The smallest absolute Gasteiger partial charge is 0.315 e. The van der Waals surface area contributed by atoms with Crippen LogP contribution in [0.25, 0.3) is 0 Å². The number of aliphatic hydroxyl groups excluding tert-OH is 1. The number of carbonyl (C=O) groups is 1. The molecule has 1 unspecified atom stereocenters. The van der Waals surface area contributed by atoms with Gasteiger partial charge in [0.05, 0.1) is 6.10 Å². The van der Waals surface area contributed by atoms with Crippen LogP contribution in [0.4, 0.5) is 4.79 Å². The van der Waals surface area contributed by atoms with Crippen molar-refractivity contribution in [2.75, 3.05) is 6.54 Å². The lowest BCUT2D eigenvalue weighted by molar-refractivity contribution is 0.154. The number of carbonyl (C=O) groups excluding carboxylic acids is 1. The summed E-state index contributed by atoms with van der Waals surface area (Å²) in [6.45, 7) is 0.481. The molecule has 3 rings (SSSR count). The molecule has 0 heterocycles. The molecule has 2 aromatic rings. The molecular weight excluding hydrogens is 360 g/mol. The molecule has 0 radical (unpaired) electrons. The van der Waals surface area contributed by atoms with E-state index in [-0.39, 0.29) is 12.1 Å². The zero-order valence-electron chi connectivity index (χ0n) is 15.4. The highest BCUT2D eigenvalue weighted by Gasteiger charge is 2.31. The minimum Gasteiger partial charge on any atom is -0.393 e. The SMILES string of the molecule is O=C(NCCC(O)CCc1ccccc1)NC1CC(c2ccc(Cl)cc2)C1. The van der Waals surface area contributed by atoms with E-state index in [1.165, 1.54) is 11.1 Å². The maximum atomic E-state index is 12.0. The zero-order valence-corrected chi connectivity index (χ0v) is 16.2. The van der Waals surface area contributed by atoms with Gasteiger partial charge in [-0.25, -0.2) is 4.79 Å². The number of aryl methyl sites for hydroxylation is 1. The Labute approximate surface area is 165 Å². The van der Waals surface area contributed by atoms with Crippen LogP contribution in [0.2, 0.25) is 5.02 Å². The first-order valence-corrected chi connectivity index (χ1v) is 10.00. The van der Waals surface area contributed by atoms with Crippen molar-refractivity contribution < 1.29 is 9.90 Å². The Balaban J connectivity index is 1.26. The molecule has 0 spiro atoms. The van der Waals surface area contributed by atoms with Crippen molar-refractivity contribution in [2.45, 2.75) is 50.2 Å². The molecule has 3 N–H and O–H groups in total. The van der Waals surface area contributed by atoms with Crippen molar-refractivity contribution in [3.63, 3.8) is 0 Å². The molecular formula is C22H27ClN2O2. The largest absolute Gasteiger partial charge is 0.393 e. The molecule has 1 saturated carbocycles. The Hall–Kier alpha value is -2.04. The highest BCUT2D eigenvalue weighted by Crippen LogP contribution is 2.37. The van der Waals surface area contributed by atoms with Gasteiger partial charge in [-0.2, -0.15) is 0 Å². The van der Waals surface area contributed by atoms with E-state index in [4.69, 9.17) is 11.6 Å². The van der Waals surface area contributed by atoms with Crippen LogP contribution in [0.3, 0.4) is 0 Å². The maximum absolute atomic E-state index is 12.0. The van der Waals surface area contributed by atoms with Gasteiger partial charge >= 0.3 is 6.03 Å². The average Bonchev–Trinajstić information content (AvgIpc) is 2.64. The van der Waals surface area contributed by atoms with Crippen molar-refractivity contribution >= 4 is 17.6 Å². The Morgan fingerprint density at radius 1 is 1.07 bits per heavy atom. The number of urea groups is 1. The molecule has 1 fully saturated rings. The number of halogens is 1. The minimum atomic E-state index is -0.400. The van der Waals surface area contributed by atoms with Gasteiger partial charge in [0, 0.05) is 17.6 Å². The summed E-state index contributed by atoms with van der Waals surface area (Å²) >= 11 is 5.91. The summed E-state index contributed by atoms with van der Waals surface area (Å²) in [4.78, 5) is 12.0. The van der Waals surface area contributed by atoms with Gasteiger partial charge in [-0.1, -0.05) is 54.1 Å². The lowest BCUT2D eigenvalue weighted by Gasteiger charge is -2.36. The number of aliphatic hydroxyl groups is 1. The summed E-state index contributed by atoms with van der Waals surface area (Å²) in [5, 5.41) is 16.7. The summed E-state index contributed by atoms with van der Waals surface area (Å²) in [6, 6.07) is 18.1. The normalized spacial score (nSPS) is 19.8. The molecule has 27 heavy (non-hydrogen) atoms. The summed E-state index contributed by atoms with van der Waals surface area (Å²) < 4.78 is 0. The molecule has 144 valence electrons. The molecule has 0 aliphatic heterocycles. The van der Waals surface area contributed by atoms with E-state index in [1.54, 1.807) is 0 Å². The molecule has 0 aromatic heterocycles. The van der Waals surface area contributed by atoms with Crippen LogP contribution in [-0.2, 0) is 6.42 Å². The Kier molecular flexibility index (Phi) is 7.13. The van der Waals surface area contributed by atoms with Crippen molar-refractivity contribution in [3.05, 3.63) is 70.7 Å². The molecule has 1 aliphatic carbocycles. The van der Waals surface area contributed by atoms with E-state index >= 15 is 0 Å². The van der Waals surface area contributed by atoms with Gasteiger partial charge in [-0.3, -0.25) is 0 Å². The third-order valence-corrected chi connectivity index (χ3v) is 5.44. The van der Waals surface area contributed by atoms with E-state index in [1.807, 2.05) is 30.3 Å². The fourth-order valence-electron chi connectivity index (χ4n) is 3.45. The molecule has 4 nitrogen and oxygen atoms in total. The summed E-state index contributed by atoms with van der Waals surface area (Å²) in [6.07, 6.45) is 3.63. The van der Waals surface area contributed by atoms with Crippen LogP contribution in [-0.4, -0.2) is 29.8 Å². The fraction of sp³-hybridized carbons (Fsp3) is 0.409. The number of hydrogen-bond donors (Lipinski definition) is 3. The average molecular weight is 387 g/mol. The van der Waals surface area contributed by atoms with Crippen LogP contribution in [0.5, 0.6) is 0 Å². The van der Waals surface area contributed by atoms with Crippen LogP contribution in [0.15, 0.2) is 54.6 Å². The molecule has 2 amide bonds. The second kappa shape index (κ2) is 9.77. The summed E-state index contributed by atoms with van der Waals surface area (Å²) in [5.74, 6) is 0.493. The number of hydrogen-bond acceptors (Lipinski definition) is 2. The van der Waals surface area contributed by atoms with Crippen molar-refractivity contribution in [2.24, 2.45) is 0 Å². The lowest BCUT2D eigenvalue weighted by Crippen LogP contribution is -2.48. The van der Waals surface area contributed by atoms with Gasteiger partial charge in [-0.05, 0) is 61.3 Å². The Morgan fingerprint density at radius 3 is 2.48 bits per heavy atom. The van der Waals surface area contributed by atoms with Crippen LogP contribution < -0.4 is 10.6 Å². The standard InChI is InChI=1S/C22H27ClN2O2/c23-19-9-7-17(8-10-19)18-14-20(15-18)25-22(27)24-13-12-21(26)11-6-16-4-2-1-3-5-16/h1-5,7-10,18,20-21,26H,6,11-15H2,(H2,24,25,27). The molecule has 0 saturated heterocycles. The quantitative estimate of drug-likeness (QED) is 0.634. The first-order valence-electron chi connectivity index (χ1n) is 9.62. The predicted octanol–water partition coefficient (Wildman–Crippen LogP) is 4.27. The van der Waals surface area contributed by atoms with E-state index in [9.17, 15) is 9.90 Å². The van der Waals surface area contributed by atoms with E-state index in [0.29, 0.717) is 25.3 Å². The zero-order chi connectivity index (χ0) is 19.1. The highest BCUT2D eigenvalue weighted by atomic mass is 35.5. The monoisotopic (exact) mass is 386 g/mol. The van der Waals surface area contributed by atoms with Gasteiger partial charge in [0.25, 0.3) is 0 Å².